The monoisotopic (exact) mass is 766 g/mol. The standard InChI is InChI=1S/C12H2F26O4P2/c13-1(14,5(21,22)9(29,30)31)3(17,18)7(25,26)11(35,36)43(39)42-44(40,41)12(37,38)8(27,28)4(19,20)2(15,16)6(23,24)10(32,33)34/h43H,(H,40,41). The molecule has 0 aromatic heterocycles. The van der Waals surface area contributed by atoms with E-state index in [-0.39, 0.29) is 0 Å². The van der Waals surface area contributed by atoms with E-state index in [2.05, 4.69) is 0 Å². The summed E-state index contributed by atoms with van der Waals surface area (Å²) in [6.45, 7) is 0. The molecule has 0 aliphatic rings. The number of hydrogen-bond donors (Lipinski definition) is 1. The third-order valence-electron chi connectivity index (χ3n) is 4.67. The predicted octanol–water partition coefficient (Wildman–Crippen LogP) is 9.06. The van der Waals surface area contributed by atoms with Crippen LogP contribution in [-0.4, -0.2) is 76.0 Å². The van der Waals surface area contributed by atoms with Gasteiger partial charge in [-0.2, -0.15) is 114 Å². The summed E-state index contributed by atoms with van der Waals surface area (Å²) in [7, 11) is -17.4. The third-order valence-corrected chi connectivity index (χ3v) is 8.14. The molecule has 1 N–H and O–H groups in total. The smallest absolute Gasteiger partial charge is 0.320 e. The molecule has 0 fully saturated rings. The molecule has 0 amide bonds. The molecule has 44 heavy (non-hydrogen) atoms. The van der Waals surface area contributed by atoms with Crippen LogP contribution in [0.2, 0.25) is 0 Å². The average molecular weight is 766 g/mol. The van der Waals surface area contributed by atoms with E-state index in [9.17, 15) is 123 Å². The second-order valence-corrected chi connectivity index (χ2v) is 11.1. The Morgan fingerprint density at radius 2 is 0.636 bits per heavy atom. The van der Waals surface area contributed by atoms with Crippen LogP contribution >= 0.6 is 15.6 Å². The van der Waals surface area contributed by atoms with E-state index in [1.54, 1.807) is 4.31 Å². The second-order valence-electron chi connectivity index (χ2n) is 7.61. The summed E-state index contributed by atoms with van der Waals surface area (Å²) >= 11 is 0. The highest BCUT2D eigenvalue weighted by Gasteiger charge is 2.94. The molecule has 2 atom stereocenters. The van der Waals surface area contributed by atoms with Crippen LogP contribution in [0.4, 0.5) is 114 Å². The summed E-state index contributed by atoms with van der Waals surface area (Å²) < 4.78 is 361. The molecule has 0 saturated carbocycles. The molecule has 2 unspecified atom stereocenters. The molecule has 266 valence electrons. The van der Waals surface area contributed by atoms with Crippen molar-refractivity contribution in [2.75, 3.05) is 0 Å². The Kier molecular flexibility index (Phi) is 10.2. The lowest BCUT2D eigenvalue weighted by Crippen LogP contribution is -2.70. The van der Waals surface area contributed by atoms with Gasteiger partial charge < -0.3 is 4.89 Å². The van der Waals surface area contributed by atoms with Crippen molar-refractivity contribution in [3.05, 3.63) is 0 Å². The van der Waals surface area contributed by atoms with Crippen LogP contribution in [-0.2, 0) is 13.4 Å². The van der Waals surface area contributed by atoms with Gasteiger partial charge in [0, 0.05) is 0 Å². The highest BCUT2D eigenvalue weighted by Crippen LogP contribution is 2.75. The first-order valence-electron chi connectivity index (χ1n) is 8.86. The van der Waals surface area contributed by atoms with Gasteiger partial charge in [-0.1, -0.05) is 0 Å². The molecule has 0 aromatic rings. The maximum atomic E-state index is 13.7. The molecular formula is C12H2F26O4P2. The Morgan fingerprint density at radius 3 is 0.886 bits per heavy atom. The Bertz CT molecular complexity index is 1150. The molecule has 0 aliphatic heterocycles. The molecular weight excluding hydrogens is 764 g/mol. The number of rotatable bonds is 12. The number of halogens is 26. The number of alkyl halides is 26. The minimum Gasteiger partial charge on any atom is -0.320 e. The SMILES string of the molecule is O=[PH](OP(=O)(O)C(F)(F)C(F)(F)C(F)(F)C(F)(F)C(F)(F)C(F)(F)F)C(F)(F)C(F)(F)C(F)(F)C(F)(F)C(F)(F)C(F)(F)F. The molecule has 32 heteroatoms. The van der Waals surface area contributed by atoms with E-state index in [1.165, 1.54) is 0 Å². The normalized spacial score (nSPS) is 18.7. The van der Waals surface area contributed by atoms with Crippen molar-refractivity contribution in [3.63, 3.8) is 0 Å². The Balaban J connectivity index is 6.97. The van der Waals surface area contributed by atoms with Crippen molar-refractivity contribution < 1.29 is 132 Å². The zero-order valence-corrected chi connectivity index (χ0v) is 20.3. The summed E-state index contributed by atoms with van der Waals surface area (Å²) in [4.78, 5) is 8.53. The quantitative estimate of drug-likeness (QED) is 0.159. The lowest BCUT2D eigenvalue weighted by Gasteiger charge is -2.40. The van der Waals surface area contributed by atoms with Crippen LogP contribution in [0.5, 0.6) is 0 Å². The van der Waals surface area contributed by atoms with E-state index in [0.717, 1.165) is 0 Å². The topological polar surface area (TPSA) is 63.6 Å². The van der Waals surface area contributed by atoms with Crippen molar-refractivity contribution in [1.29, 1.82) is 0 Å². The first-order chi connectivity index (χ1) is 18.4. The van der Waals surface area contributed by atoms with Gasteiger partial charge in [0.1, 0.15) is 0 Å². The fourth-order valence-corrected chi connectivity index (χ4v) is 4.79. The van der Waals surface area contributed by atoms with Gasteiger partial charge in [-0.25, -0.2) is 4.31 Å². The van der Waals surface area contributed by atoms with Gasteiger partial charge in [0.25, 0.3) is 8.03 Å². The first kappa shape index (κ1) is 42.6. The molecule has 0 radical (unpaired) electrons. The maximum Gasteiger partial charge on any atom is 0.460 e. The lowest BCUT2D eigenvalue weighted by molar-refractivity contribution is -0.434. The van der Waals surface area contributed by atoms with E-state index in [1.807, 2.05) is 0 Å². The summed E-state index contributed by atoms with van der Waals surface area (Å²) in [5.74, 6) is -70.6. The molecule has 0 aromatic carbocycles. The first-order valence-corrected chi connectivity index (χ1v) is 11.8. The maximum absolute atomic E-state index is 13.7. The minimum atomic E-state index is -9.41. The van der Waals surface area contributed by atoms with Gasteiger partial charge in [0.15, 0.2) is 0 Å². The molecule has 0 saturated heterocycles. The Morgan fingerprint density at radius 1 is 0.409 bits per heavy atom. The van der Waals surface area contributed by atoms with Gasteiger partial charge in [0.05, 0.1) is 0 Å². The predicted molar refractivity (Wildman–Crippen MR) is 81.5 cm³/mol. The van der Waals surface area contributed by atoms with E-state index in [0.29, 0.717) is 0 Å². The zero-order valence-electron chi connectivity index (χ0n) is 18.4. The fourth-order valence-electron chi connectivity index (χ4n) is 2.06. The highest BCUT2D eigenvalue weighted by molar-refractivity contribution is 7.62. The minimum absolute atomic E-state index is 1.68. The molecule has 4 nitrogen and oxygen atoms in total. The second kappa shape index (κ2) is 10.5. The van der Waals surface area contributed by atoms with Gasteiger partial charge in [0.2, 0.25) is 0 Å². The molecule has 0 rings (SSSR count). The van der Waals surface area contributed by atoms with Gasteiger partial charge in [-0.05, 0) is 0 Å². The van der Waals surface area contributed by atoms with Crippen molar-refractivity contribution in [2.45, 2.75) is 71.1 Å². The van der Waals surface area contributed by atoms with Gasteiger partial charge >= 0.3 is 78.7 Å². The van der Waals surface area contributed by atoms with Crippen LogP contribution in [0.1, 0.15) is 0 Å². The van der Waals surface area contributed by atoms with Crippen molar-refractivity contribution in [1.82, 2.24) is 0 Å². The van der Waals surface area contributed by atoms with Crippen LogP contribution in [0.3, 0.4) is 0 Å². The Labute approximate surface area is 220 Å². The van der Waals surface area contributed by atoms with Crippen LogP contribution < -0.4 is 0 Å². The molecule has 0 aliphatic carbocycles. The van der Waals surface area contributed by atoms with Crippen LogP contribution in [0.25, 0.3) is 0 Å². The molecule has 0 spiro atoms. The third kappa shape index (κ3) is 5.39. The summed E-state index contributed by atoms with van der Waals surface area (Å²) in [6, 6.07) is 0. The van der Waals surface area contributed by atoms with E-state index < -0.39 is 86.7 Å². The average Bonchev–Trinajstić information content (AvgIpc) is 2.75. The van der Waals surface area contributed by atoms with Crippen LogP contribution in [0, 0.1) is 0 Å². The molecule has 0 bridgehead atoms. The largest absolute Gasteiger partial charge is 0.460 e. The van der Waals surface area contributed by atoms with Gasteiger partial charge in [-0.3, -0.25) is 9.13 Å². The zero-order chi connectivity index (χ0) is 36.8. The van der Waals surface area contributed by atoms with E-state index in [4.69, 9.17) is 4.89 Å². The van der Waals surface area contributed by atoms with Crippen LogP contribution in [0.15, 0.2) is 0 Å². The van der Waals surface area contributed by atoms with Crippen molar-refractivity contribution in [2.24, 2.45) is 0 Å². The lowest BCUT2D eigenvalue weighted by atomic mass is 9.98. The number of hydrogen-bond acceptors (Lipinski definition) is 3. The molecule has 0 heterocycles. The summed E-state index contributed by atoms with van der Waals surface area (Å²) in [5.41, 5.74) is -17.0. The summed E-state index contributed by atoms with van der Waals surface area (Å²) in [5, 5.41) is 0. The van der Waals surface area contributed by atoms with Crippen molar-refractivity contribution in [3.8, 4) is 0 Å². The highest BCUT2D eigenvalue weighted by atomic mass is 31.2. The summed E-state index contributed by atoms with van der Waals surface area (Å²) in [6.07, 6.45) is -16.1. The Hall–Kier alpha value is -1.44. The van der Waals surface area contributed by atoms with Crippen molar-refractivity contribution >= 4 is 15.6 Å². The fraction of sp³-hybridized carbons (Fsp3) is 1.00. The van der Waals surface area contributed by atoms with E-state index >= 15 is 0 Å². The van der Waals surface area contributed by atoms with Gasteiger partial charge in [-0.15, -0.1) is 0 Å².